The predicted octanol–water partition coefficient (Wildman–Crippen LogP) is 3.33. The molecule has 3 aromatic rings. The van der Waals surface area contributed by atoms with Gasteiger partial charge in [-0.05, 0) is 19.1 Å². The van der Waals surface area contributed by atoms with E-state index in [4.69, 9.17) is 0 Å². The highest BCUT2D eigenvalue weighted by molar-refractivity contribution is 7.15. The van der Waals surface area contributed by atoms with Gasteiger partial charge in [0.25, 0.3) is 0 Å². The van der Waals surface area contributed by atoms with Crippen LogP contribution in [0.3, 0.4) is 0 Å². The number of aryl methyl sites for hydroxylation is 1. The zero-order valence-electron chi connectivity index (χ0n) is 10.7. The Morgan fingerprint density at radius 3 is 3.00 bits per heavy atom. The number of imidazole rings is 1. The Bertz CT molecular complexity index is 757. The van der Waals surface area contributed by atoms with Crippen molar-refractivity contribution in [3.63, 3.8) is 0 Å². The first kappa shape index (κ1) is 11.9. The summed E-state index contributed by atoms with van der Waals surface area (Å²) in [7, 11) is 0. The van der Waals surface area contributed by atoms with Gasteiger partial charge in [0, 0.05) is 35.4 Å². The van der Waals surface area contributed by atoms with Gasteiger partial charge in [-0.1, -0.05) is 12.1 Å². The molecule has 0 saturated carbocycles. The van der Waals surface area contributed by atoms with Crippen LogP contribution >= 0.6 is 11.3 Å². The van der Waals surface area contributed by atoms with E-state index in [0.717, 1.165) is 21.9 Å². The minimum atomic E-state index is -0.0705. The summed E-state index contributed by atoms with van der Waals surface area (Å²) in [6, 6.07) is 7.71. The van der Waals surface area contributed by atoms with Crippen molar-refractivity contribution in [1.29, 1.82) is 0 Å². The average molecular weight is 271 g/mol. The van der Waals surface area contributed by atoms with Crippen molar-refractivity contribution < 1.29 is 4.79 Å². The van der Waals surface area contributed by atoms with Crippen LogP contribution in [-0.2, 0) is 4.79 Å². The largest absolute Gasteiger partial charge is 0.326 e. The molecule has 0 saturated heterocycles. The molecule has 0 aliphatic rings. The Balaban J connectivity index is 2.03. The molecule has 0 aliphatic heterocycles. The second-order valence-corrected chi connectivity index (χ2v) is 5.25. The van der Waals surface area contributed by atoms with Crippen LogP contribution in [0.4, 0.5) is 5.69 Å². The lowest BCUT2D eigenvalue weighted by Gasteiger charge is -2.03. The zero-order valence-corrected chi connectivity index (χ0v) is 11.5. The molecule has 1 N–H and O–H groups in total. The molecule has 3 rings (SSSR count). The number of nitrogens with zero attached hydrogens (tertiary/aromatic N) is 2. The number of thiazole rings is 1. The summed E-state index contributed by atoms with van der Waals surface area (Å²) in [6.07, 6.45) is 2.02. The van der Waals surface area contributed by atoms with Gasteiger partial charge in [-0.25, -0.2) is 4.98 Å². The number of carbonyl (C=O) groups is 1. The van der Waals surface area contributed by atoms with E-state index in [-0.39, 0.29) is 5.91 Å². The van der Waals surface area contributed by atoms with E-state index >= 15 is 0 Å². The van der Waals surface area contributed by atoms with Crippen LogP contribution in [0.15, 0.2) is 35.8 Å². The molecule has 0 aliphatic carbocycles. The summed E-state index contributed by atoms with van der Waals surface area (Å²) < 4.78 is 2.07. The second kappa shape index (κ2) is 4.51. The van der Waals surface area contributed by atoms with Crippen molar-refractivity contribution in [2.75, 3.05) is 5.32 Å². The number of amides is 1. The maximum absolute atomic E-state index is 11.1. The molecule has 1 aromatic carbocycles. The minimum Gasteiger partial charge on any atom is -0.326 e. The van der Waals surface area contributed by atoms with Gasteiger partial charge >= 0.3 is 0 Å². The molecule has 1 amide bonds. The third kappa shape index (κ3) is 2.24. The molecule has 0 atom stereocenters. The summed E-state index contributed by atoms with van der Waals surface area (Å²) in [6.45, 7) is 3.56. The van der Waals surface area contributed by atoms with Crippen LogP contribution < -0.4 is 5.32 Å². The van der Waals surface area contributed by atoms with E-state index in [0.29, 0.717) is 0 Å². The second-order valence-electron chi connectivity index (χ2n) is 4.42. The van der Waals surface area contributed by atoms with Crippen LogP contribution in [0.5, 0.6) is 0 Å². The Morgan fingerprint density at radius 1 is 1.42 bits per heavy atom. The Labute approximate surface area is 114 Å². The molecule has 0 spiro atoms. The Hall–Kier alpha value is -2.14. The molecule has 4 nitrogen and oxygen atoms in total. The summed E-state index contributed by atoms with van der Waals surface area (Å²) in [5, 5.41) is 4.87. The van der Waals surface area contributed by atoms with Crippen molar-refractivity contribution in [3.05, 3.63) is 41.5 Å². The number of anilines is 1. The van der Waals surface area contributed by atoms with Crippen LogP contribution in [0, 0.1) is 6.92 Å². The lowest BCUT2D eigenvalue weighted by atomic mass is 10.1. The number of carbonyl (C=O) groups excluding carboxylic acids is 1. The first-order valence-electron chi connectivity index (χ1n) is 5.95. The van der Waals surface area contributed by atoms with Gasteiger partial charge in [-0.3, -0.25) is 9.20 Å². The van der Waals surface area contributed by atoms with E-state index in [1.807, 2.05) is 30.5 Å². The highest BCUT2D eigenvalue weighted by Gasteiger charge is 2.08. The smallest absolute Gasteiger partial charge is 0.221 e. The predicted molar refractivity (Wildman–Crippen MR) is 77.5 cm³/mol. The highest BCUT2D eigenvalue weighted by Crippen LogP contribution is 2.25. The molecule has 2 aromatic heterocycles. The van der Waals surface area contributed by atoms with Gasteiger partial charge in [-0.2, -0.15) is 0 Å². The molecular weight excluding hydrogens is 258 g/mol. The fourth-order valence-electron chi connectivity index (χ4n) is 1.99. The molecule has 0 radical (unpaired) electrons. The van der Waals surface area contributed by atoms with Crippen LogP contribution in [0.25, 0.3) is 16.2 Å². The van der Waals surface area contributed by atoms with E-state index < -0.39 is 0 Å². The van der Waals surface area contributed by atoms with Gasteiger partial charge in [0.15, 0.2) is 4.96 Å². The fourth-order valence-corrected chi connectivity index (χ4v) is 2.84. The van der Waals surface area contributed by atoms with Crippen molar-refractivity contribution in [1.82, 2.24) is 9.38 Å². The Kier molecular flexibility index (Phi) is 2.83. The molecule has 2 heterocycles. The van der Waals surface area contributed by atoms with Crippen LogP contribution in [-0.4, -0.2) is 15.3 Å². The highest BCUT2D eigenvalue weighted by atomic mass is 32.1. The first-order chi connectivity index (χ1) is 9.13. The number of hydrogen-bond acceptors (Lipinski definition) is 3. The van der Waals surface area contributed by atoms with Crippen LogP contribution in [0.2, 0.25) is 0 Å². The summed E-state index contributed by atoms with van der Waals surface area (Å²) in [5.74, 6) is -0.0705. The fraction of sp³-hybridized carbons (Fsp3) is 0.143. The van der Waals surface area contributed by atoms with E-state index in [2.05, 4.69) is 27.0 Å². The maximum Gasteiger partial charge on any atom is 0.221 e. The lowest BCUT2D eigenvalue weighted by molar-refractivity contribution is -0.114. The van der Waals surface area contributed by atoms with Gasteiger partial charge in [0.2, 0.25) is 5.91 Å². The molecule has 0 bridgehead atoms. The molecular formula is C14H13N3OS. The van der Waals surface area contributed by atoms with Gasteiger partial charge in [0.1, 0.15) is 0 Å². The summed E-state index contributed by atoms with van der Waals surface area (Å²) in [4.78, 5) is 16.7. The van der Waals surface area contributed by atoms with Crippen molar-refractivity contribution in [3.8, 4) is 11.3 Å². The molecule has 0 fully saturated rings. The maximum atomic E-state index is 11.1. The average Bonchev–Trinajstić information content (AvgIpc) is 2.92. The quantitative estimate of drug-likeness (QED) is 0.777. The number of benzene rings is 1. The third-order valence-corrected chi connectivity index (χ3v) is 3.82. The zero-order chi connectivity index (χ0) is 13.4. The molecule has 96 valence electrons. The van der Waals surface area contributed by atoms with Crippen molar-refractivity contribution in [2.45, 2.75) is 13.8 Å². The standard InChI is InChI=1S/C14H13N3OS/c1-9-8-19-14-16-13(7-17(9)14)11-4-3-5-12(6-11)15-10(2)18/h3-8H,1-2H3,(H,15,18). The summed E-state index contributed by atoms with van der Waals surface area (Å²) in [5.41, 5.74) is 3.89. The van der Waals surface area contributed by atoms with Gasteiger partial charge < -0.3 is 5.32 Å². The molecule has 19 heavy (non-hydrogen) atoms. The first-order valence-corrected chi connectivity index (χ1v) is 6.82. The molecule has 0 unspecified atom stereocenters. The summed E-state index contributed by atoms with van der Waals surface area (Å²) >= 11 is 1.63. The number of nitrogens with one attached hydrogen (secondary N) is 1. The molecule has 5 heteroatoms. The number of hydrogen-bond donors (Lipinski definition) is 1. The van der Waals surface area contributed by atoms with Crippen molar-refractivity contribution in [2.24, 2.45) is 0 Å². The normalized spacial score (nSPS) is 10.8. The van der Waals surface area contributed by atoms with Crippen molar-refractivity contribution >= 4 is 27.9 Å². The van der Waals surface area contributed by atoms with Gasteiger partial charge in [0.05, 0.1) is 5.69 Å². The third-order valence-electron chi connectivity index (χ3n) is 2.87. The Morgan fingerprint density at radius 2 is 2.26 bits per heavy atom. The van der Waals surface area contributed by atoms with E-state index in [9.17, 15) is 4.79 Å². The SMILES string of the molecule is CC(=O)Nc1cccc(-c2cn3c(C)csc3n2)c1. The number of rotatable bonds is 2. The topological polar surface area (TPSA) is 46.4 Å². The lowest BCUT2D eigenvalue weighted by Crippen LogP contribution is -2.05. The minimum absolute atomic E-state index is 0.0705. The van der Waals surface area contributed by atoms with Crippen LogP contribution in [0.1, 0.15) is 12.6 Å². The van der Waals surface area contributed by atoms with E-state index in [1.54, 1.807) is 11.3 Å². The van der Waals surface area contributed by atoms with Gasteiger partial charge in [-0.15, -0.1) is 11.3 Å². The van der Waals surface area contributed by atoms with E-state index in [1.165, 1.54) is 12.6 Å². The monoisotopic (exact) mass is 271 g/mol. The number of fused-ring (bicyclic) bond motifs is 1. The number of aromatic nitrogens is 2.